The first-order chi connectivity index (χ1) is 13.0. The molecule has 0 aliphatic heterocycles. The van der Waals surface area contributed by atoms with Crippen LogP contribution in [0.3, 0.4) is 0 Å². The van der Waals surface area contributed by atoms with Gasteiger partial charge in [-0.1, -0.05) is 24.3 Å². The normalized spacial score (nSPS) is 10.5. The van der Waals surface area contributed by atoms with Gasteiger partial charge in [0.15, 0.2) is 0 Å². The highest BCUT2D eigenvalue weighted by Crippen LogP contribution is 2.30. The maximum Gasteiger partial charge on any atom is 0.251 e. The van der Waals surface area contributed by atoms with E-state index in [9.17, 15) is 4.79 Å². The second-order valence-electron chi connectivity index (χ2n) is 6.13. The van der Waals surface area contributed by atoms with Crippen molar-refractivity contribution in [3.05, 3.63) is 64.2 Å². The van der Waals surface area contributed by atoms with Crippen LogP contribution in [0, 0.1) is 13.8 Å². The third-order valence-corrected chi connectivity index (χ3v) is 5.48. The van der Waals surface area contributed by atoms with Crippen molar-refractivity contribution in [1.82, 2.24) is 10.3 Å². The van der Waals surface area contributed by atoms with Crippen LogP contribution in [0.2, 0.25) is 0 Å². The third-order valence-electron chi connectivity index (χ3n) is 4.29. The van der Waals surface area contributed by atoms with E-state index in [1.165, 1.54) is 5.56 Å². The van der Waals surface area contributed by atoms with Crippen molar-refractivity contribution in [3.8, 4) is 22.1 Å². The van der Waals surface area contributed by atoms with Crippen LogP contribution in [-0.4, -0.2) is 25.1 Å². The summed E-state index contributed by atoms with van der Waals surface area (Å²) in [6.45, 7) is 4.46. The number of rotatable bonds is 6. The van der Waals surface area contributed by atoms with Crippen LogP contribution in [-0.2, 0) is 6.54 Å². The van der Waals surface area contributed by atoms with Gasteiger partial charge in [-0.15, -0.1) is 11.3 Å². The molecule has 0 fully saturated rings. The Morgan fingerprint density at radius 3 is 2.37 bits per heavy atom. The summed E-state index contributed by atoms with van der Waals surface area (Å²) in [6, 6.07) is 13.3. The number of hydrogen-bond acceptors (Lipinski definition) is 5. The zero-order chi connectivity index (χ0) is 19.4. The molecule has 1 aromatic heterocycles. The van der Waals surface area contributed by atoms with Crippen molar-refractivity contribution in [2.24, 2.45) is 0 Å². The van der Waals surface area contributed by atoms with Gasteiger partial charge >= 0.3 is 0 Å². The summed E-state index contributed by atoms with van der Waals surface area (Å²) in [4.78, 5) is 18.3. The molecule has 0 radical (unpaired) electrons. The molecule has 3 rings (SSSR count). The number of nitrogens with one attached hydrogen (secondary N) is 1. The molecule has 0 unspecified atom stereocenters. The van der Waals surface area contributed by atoms with E-state index < -0.39 is 0 Å². The SMILES string of the molecule is COc1cc(OC)cc(C(=O)NCc2sc(-c3ccccc3C)nc2C)c1. The number of nitrogens with zero attached hydrogens (tertiary/aromatic N) is 1. The van der Waals surface area contributed by atoms with Gasteiger partial charge in [0, 0.05) is 22.1 Å². The maximum absolute atomic E-state index is 12.6. The molecule has 0 saturated carbocycles. The topological polar surface area (TPSA) is 60.5 Å². The molecule has 5 nitrogen and oxygen atoms in total. The average molecular weight is 382 g/mol. The minimum Gasteiger partial charge on any atom is -0.497 e. The summed E-state index contributed by atoms with van der Waals surface area (Å²) in [5.74, 6) is 0.975. The molecular formula is C21H22N2O3S. The van der Waals surface area contributed by atoms with Crippen LogP contribution in [0.4, 0.5) is 0 Å². The lowest BCUT2D eigenvalue weighted by molar-refractivity contribution is 0.0950. The Labute approximate surface area is 163 Å². The largest absolute Gasteiger partial charge is 0.497 e. The van der Waals surface area contributed by atoms with Gasteiger partial charge in [-0.25, -0.2) is 4.98 Å². The molecule has 0 aliphatic rings. The van der Waals surface area contributed by atoms with Crippen molar-refractivity contribution in [2.75, 3.05) is 14.2 Å². The van der Waals surface area contributed by atoms with E-state index in [-0.39, 0.29) is 5.91 Å². The van der Waals surface area contributed by atoms with Gasteiger partial charge in [-0.2, -0.15) is 0 Å². The Kier molecular flexibility index (Phi) is 5.76. The van der Waals surface area contributed by atoms with Crippen LogP contribution in [0.5, 0.6) is 11.5 Å². The van der Waals surface area contributed by atoms with E-state index in [1.807, 2.05) is 19.1 Å². The summed E-state index contributed by atoms with van der Waals surface area (Å²) < 4.78 is 10.4. The summed E-state index contributed by atoms with van der Waals surface area (Å²) in [6.07, 6.45) is 0. The minimum absolute atomic E-state index is 0.183. The highest BCUT2D eigenvalue weighted by molar-refractivity contribution is 7.15. The number of aromatic nitrogens is 1. The summed E-state index contributed by atoms with van der Waals surface area (Å²) in [5, 5.41) is 3.93. The van der Waals surface area contributed by atoms with Crippen molar-refractivity contribution >= 4 is 17.2 Å². The standard InChI is InChI=1S/C21H22N2O3S/c1-13-7-5-6-8-18(13)21-23-14(2)19(27-21)12-22-20(24)15-9-16(25-3)11-17(10-15)26-4/h5-11H,12H2,1-4H3,(H,22,24). The first kappa shape index (κ1) is 18.9. The van der Waals surface area contributed by atoms with Gasteiger partial charge in [0.1, 0.15) is 16.5 Å². The van der Waals surface area contributed by atoms with Crippen LogP contribution >= 0.6 is 11.3 Å². The smallest absolute Gasteiger partial charge is 0.251 e. The Hall–Kier alpha value is -2.86. The zero-order valence-electron chi connectivity index (χ0n) is 15.8. The molecule has 27 heavy (non-hydrogen) atoms. The van der Waals surface area contributed by atoms with E-state index >= 15 is 0 Å². The molecular weight excluding hydrogens is 360 g/mol. The van der Waals surface area contributed by atoms with Crippen molar-refractivity contribution < 1.29 is 14.3 Å². The maximum atomic E-state index is 12.6. The number of benzene rings is 2. The van der Waals surface area contributed by atoms with E-state index in [2.05, 4.69) is 29.4 Å². The van der Waals surface area contributed by atoms with Gasteiger partial charge in [0.05, 0.1) is 26.5 Å². The van der Waals surface area contributed by atoms with Crippen molar-refractivity contribution in [3.63, 3.8) is 0 Å². The summed E-state index contributed by atoms with van der Waals surface area (Å²) in [7, 11) is 3.12. The third kappa shape index (κ3) is 4.28. The predicted molar refractivity (Wildman–Crippen MR) is 108 cm³/mol. The Bertz CT molecular complexity index is 944. The van der Waals surface area contributed by atoms with Crippen LogP contribution in [0.25, 0.3) is 10.6 Å². The van der Waals surface area contributed by atoms with Crippen LogP contribution in [0.1, 0.15) is 26.5 Å². The monoisotopic (exact) mass is 382 g/mol. The van der Waals surface area contributed by atoms with Crippen molar-refractivity contribution in [1.29, 1.82) is 0 Å². The second kappa shape index (κ2) is 8.22. The van der Waals surface area contributed by atoms with E-state index in [4.69, 9.17) is 9.47 Å². The van der Waals surface area contributed by atoms with Gasteiger partial charge in [0.2, 0.25) is 0 Å². The number of aryl methyl sites for hydroxylation is 2. The second-order valence-corrected chi connectivity index (χ2v) is 7.21. The number of thiazole rings is 1. The van der Waals surface area contributed by atoms with E-state index in [0.717, 1.165) is 21.1 Å². The number of hydrogen-bond donors (Lipinski definition) is 1. The fourth-order valence-electron chi connectivity index (χ4n) is 2.72. The first-order valence-electron chi connectivity index (χ1n) is 8.55. The minimum atomic E-state index is -0.183. The number of carbonyl (C=O) groups is 1. The molecule has 1 amide bonds. The van der Waals surface area contributed by atoms with E-state index in [1.54, 1.807) is 43.8 Å². The molecule has 0 atom stereocenters. The lowest BCUT2D eigenvalue weighted by atomic mass is 10.1. The van der Waals surface area contributed by atoms with Gasteiger partial charge in [-0.3, -0.25) is 4.79 Å². The molecule has 0 aliphatic carbocycles. The first-order valence-corrected chi connectivity index (χ1v) is 9.37. The zero-order valence-corrected chi connectivity index (χ0v) is 16.6. The van der Waals surface area contributed by atoms with Gasteiger partial charge in [-0.05, 0) is 31.5 Å². The fraction of sp³-hybridized carbons (Fsp3) is 0.238. The summed E-state index contributed by atoms with van der Waals surface area (Å²) in [5.41, 5.74) is 3.74. The predicted octanol–water partition coefficient (Wildman–Crippen LogP) is 4.37. The molecule has 0 saturated heterocycles. The number of carbonyl (C=O) groups excluding carboxylic acids is 1. The molecule has 6 heteroatoms. The molecule has 1 heterocycles. The van der Waals surface area contributed by atoms with Gasteiger partial charge < -0.3 is 14.8 Å². The quantitative estimate of drug-likeness (QED) is 0.687. The van der Waals surface area contributed by atoms with Crippen LogP contribution in [0.15, 0.2) is 42.5 Å². The molecule has 0 bridgehead atoms. The Balaban J connectivity index is 1.76. The van der Waals surface area contributed by atoms with Gasteiger partial charge in [0.25, 0.3) is 5.91 Å². The molecule has 2 aromatic carbocycles. The van der Waals surface area contributed by atoms with Crippen molar-refractivity contribution in [2.45, 2.75) is 20.4 Å². The lowest BCUT2D eigenvalue weighted by Crippen LogP contribution is -2.22. The average Bonchev–Trinajstić information content (AvgIpc) is 3.06. The lowest BCUT2D eigenvalue weighted by Gasteiger charge is -2.09. The van der Waals surface area contributed by atoms with Crippen LogP contribution < -0.4 is 14.8 Å². The highest BCUT2D eigenvalue weighted by atomic mass is 32.1. The molecule has 1 N–H and O–H groups in total. The highest BCUT2D eigenvalue weighted by Gasteiger charge is 2.14. The van der Waals surface area contributed by atoms with E-state index in [0.29, 0.717) is 23.6 Å². The Morgan fingerprint density at radius 2 is 1.74 bits per heavy atom. The molecule has 140 valence electrons. The summed E-state index contributed by atoms with van der Waals surface area (Å²) >= 11 is 1.60. The fourth-order valence-corrected chi connectivity index (χ4v) is 3.81. The Morgan fingerprint density at radius 1 is 1.07 bits per heavy atom. The number of ether oxygens (including phenoxy) is 2. The number of amides is 1. The number of methoxy groups -OCH3 is 2. The molecule has 0 spiro atoms. The molecule has 3 aromatic rings.